The van der Waals surface area contributed by atoms with E-state index in [1.807, 2.05) is 0 Å². The third-order valence-corrected chi connectivity index (χ3v) is 3.17. The maximum Gasteiger partial charge on any atom is 0.00960 e. The van der Waals surface area contributed by atoms with E-state index >= 15 is 0 Å². The number of hydrogen-bond donors (Lipinski definition) is 1. The highest BCUT2D eigenvalue weighted by molar-refractivity contribution is 4.88. The summed E-state index contributed by atoms with van der Waals surface area (Å²) in [5, 5.41) is 3.58. The minimum atomic E-state index is 0.899. The lowest BCUT2D eigenvalue weighted by atomic mass is 9.80. The lowest BCUT2D eigenvalue weighted by Crippen LogP contribution is -2.31. The summed E-state index contributed by atoms with van der Waals surface area (Å²) in [7, 11) is 0. The molecule has 0 bridgehead atoms. The van der Waals surface area contributed by atoms with Gasteiger partial charge in [0.15, 0.2) is 0 Å². The molecule has 2 fully saturated rings. The average molecular weight is 139 g/mol. The molecule has 1 aliphatic heterocycles. The Balaban J connectivity index is 1.96. The van der Waals surface area contributed by atoms with Crippen molar-refractivity contribution >= 4 is 0 Å². The molecule has 58 valence electrons. The Kier molecular flexibility index (Phi) is 1.69. The van der Waals surface area contributed by atoms with E-state index in [2.05, 4.69) is 12.2 Å². The maximum atomic E-state index is 3.58. The van der Waals surface area contributed by atoms with E-state index in [1.165, 1.54) is 32.2 Å². The summed E-state index contributed by atoms with van der Waals surface area (Å²) in [5.41, 5.74) is 0. The second-order valence-corrected chi connectivity index (χ2v) is 4.03. The van der Waals surface area contributed by atoms with Crippen LogP contribution in [-0.2, 0) is 0 Å². The Labute approximate surface area is 63.2 Å². The summed E-state index contributed by atoms with van der Waals surface area (Å²) in [5.74, 6) is 2.03. The van der Waals surface area contributed by atoms with E-state index in [9.17, 15) is 0 Å². The smallest absolute Gasteiger partial charge is 0.00960 e. The van der Waals surface area contributed by atoms with Crippen LogP contribution in [0, 0.1) is 11.8 Å². The normalized spacial score (nSPS) is 47.1. The van der Waals surface area contributed by atoms with Crippen molar-refractivity contribution in [3.8, 4) is 0 Å². The largest absolute Gasteiger partial charge is 0.314 e. The van der Waals surface area contributed by atoms with Gasteiger partial charge in [0.1, 0.15) is 0 Å². The number of nitrogens with one attached hydrogen (secondary N) is 1. The lowest BCUT2D eigenvalue weighted by Gasteiger charge is -2.29. The monoisotopic (exact) mass is 139 g/mol. The Bertz CT molecular complexity index is 122. The molecular weight excluding hydrogens is 122 g/mol. The van der Waals surface area contributed by atoms with Crippen LogP contribution in [0.2, 0.25) is 0 Å². The van der Waals surface area contributed by atoms with Gasteiger partial charge in [0, 0.05) is 6.04 Å². The number of rotatable bonds is 0. The summed E-state index contributed by atoms with van der Waals surface area (Å²) >= 11 is 0. The molecule has 1 saturated carbocycles. The predicted octanol–water partition coefficient (Wildman–Crippen LogP) is 1.78. The molecule has 10 heavy (non-hydrogen) atoms. The molecule has 3 atom stereocenters. The predicted molar refractivity (Wildman–Crippen MR) is 42.9 cm³/mol. The van der Waals surface area contributed by atoms with Gasteiger partial charge in [-0.2, -0.15) is 0 Å². The highest BCUT2D eigenvalue weighted by Gasteiger charge is 2.31. The summed E-state index contributed by atoms with van der Waals surface area (Å²) in [4.78, 5) is 0. The number of fused-ring (bicyclic) bond motifs is 1. The summed E-state index contributed by atoms with van der Waals surface area (Å²) in [6.07, 6.45) is 5.81. The second-order valence-electron chi connectivity index (χ2n) is 4.03. The first-order valence-corrected chi connectivity index (χ1v) is 4.59. The van der Waals surface area contributed by atoms with Gasteiger partial charge in [0.2, 0.25) is 0 Å². The molecule has 1 heteroatoms. The van der Waals surface area contributed by atoms with Gasteiger partial charge in [-0.25, -0.2) is 0 Å². The molecular formula is C9H17N. The van der Waals surface area contributed by atoms with Gasteiger partial charge in [-0.1, -0.05) is 6.92 Å². The minimum Gasteiger partial charge on any atom is -0.314 e. The first-order chi connectivity index (χ1) is 4.86. The summed E-state index contributed by atoms with van der Waals surface area (Å²) < 4.78 is 0. The van der Waals surface area contributed by atoms with E-state index in [1.54, 1.807) is 0 Å². The molecule has 1 nitrogen and oxygen atoms in total. The van der Waals surface area contributed by atoms with Gasteiger partial charge in [0.05, 0.1) is 0 Å². The van der Waals surface area contributed by atoms with E-state index in [0.717, 1.165) is 17.9 Å². The maximum absolute atomic E-state index is 3.58. The molecule has 2 unspecified atom stereocenters. The van der Waals surface area contributed by atoms with Gasteiger partial charge in [-0.05, 0) is 44.1 Å². The van der Waals surface area contributed by atoms with Crippen LogP contribution >= 0.6 is 0 Å². The quantitative estimate of drug-likeness (QED) is 0.539. The Morgan fingerprint density at radius 1 is 1.20 bits per heavy atom. The van der Waals surface area contributed by atoms with E-state index < -0.39 is 0 Å². The van der Waals surface area contributed by atoms with Crippen molar-refractivity contribution in [2.24, 2.45) is 11.8 Å². The zero-order valence-corrected chi connectivity index (χ0v) is 6.77. The molecule has 2 rings (SSSR count). The van der Waals surface area contributed by atoms with Crippen LogP contribution < -0.4 is 5.32 Å². The van der Waals surface area contributed by atoms with Crippen molar-refractivity contribution in [2.45, 2.75) is 38.6 Å². The minimum absolute atomic E-state index is 0.899. The molecule has 1 aliphatic carbocycles. The van der Waals surface area contributed by atoms with Crippen molar-refractivity contribution in [1.82, 2.24) is 5.32 Å². The van der Waals surface area contributed by atoms with Crippen LogP contribution in [-0.4, -0.2) is 12.6 Å². The lowest BCUT2D eigenvalue weighted by molar-refractivity contribution is 0.259. The first kappa shape index (κ1) is 6.66. The van der Waals surface area contributed by atoms with Gasteiger partial charge < -0.3 is 5.32 Å². The Morgan fingerprint density at radius 3 is 3.00 bits per heavy atom. The fourth-order valence-electron chi connectivity index (χ4n) is 2.54. The highest BCUT2D eigenvalue weighted by atomic mass is 15.0. The van der Waals surface area contributed by atoms with E-state index in [0.29, 0.717) is 0 Å². The molecule has 1 heterocycles. The topological polar surface area (TPSA) is 12.0 Å². The van der Waals surface area contributed by atoms with Crippen molar-refractivity contribution in [2.75, 3.05) is 6.54 Å². The average Bonchev–Trinajstić information content (AvgIpc) is 2.33. The van der Waals surface area contributed by atoms with Crippen molar-refractivity contribution in [3.05, 3.63) is 0 Å². The fourth-order valence-corrected chi connectivity index (χ4v) is 2.54. The van der Waals surface area contributed by atoms with Crippen LogP contribution in [0.4, 0.5) is 0 Å². The standard InChI is InChI=1S/C9H17N/c1-7-2-3-9-8(6-7)4-5-10-9/h7-10H,2-6H2,1H3/t7-,8?,9?/m1/s1. The Hall–Kier alpha value is -0.0400. The van der Waals surface area contributed by atoms with Gasteiger partial charge in [-0.15, -0.1) is 0 Å². The van der Waals surface area contributed by atoms with Crippen molar-refractivity contribution in [3.63, 3.8) is 0 Å². The molecule has 1 saturated heterocycles. The van der Waals surface area contributed by atoms with Crippen LogP contribution in [0.1, 0.15) is 32.6 Å². The van der Waals surface area contributed by atoms with Crippen LogP contribution in [0.5, 0.6) is 0 Å². The first-order valence-electron chi connectivity index (χ1n) is 4.59. The zero-order chi connectivity index (χ0) is 6.97. The van der Waals surface area contributed by atoms with Crippen LogP contribution in [0.25, 0.3) is 0 Å². The summed E-state index contributed by atoms with van der Waals surface area (Å²) in [6.45, 7) is 3.68. The third-order valence-electron chi connectivity index (χ3n) is 3.17. The van der Waals surface area contributed by atoms with Gasteiger partial charge in [-0.3, -0.25) is 0 Å². The molecule has 0 radical (unpaired) electrons. The molecule has 2 aliphatic rings. The van der Waals surface area contributed by atoms with Crippen molar-refractivity contribution < 1.29 is 0 Å². The van der Waals surface area contributed by atoms with E-state index in [-0.39, 0.29) is 0 Å². The highest BCUT2D eigenvalue weighted by Crippen LogP contribution is 2.33. The molecule has 0 aromatic carbocycles. The Morgan fingerprint density at radius 2 is 2.10 bits per heavy atom. The molecule has 1 N–H and O–H groups in total. The molecule has 0 amide bonds. The second kappa shape index (κ2) is 2.54. The summed E-state index contributed by atoms with van der Waals surface area (Å²) in [6, 6.07) is 0.899. The van der Waals surface area contributed by atoms with Crippen LogP contribution in [0.3, 0.4) is 0 Å². The van der Waals surface area contributed by atoms with Gasteiger partial charge >= 0.3 is 0 Å². The molecule has 0 aromatic heterocycles. The van der Waals surface area contributed by atoms with Crippen LogP contribution in [0.15, 0.2) is 0 Å². The number of hydrogen-bond acceptors (Lipinski definition) is 1. The SMILES string of the molecule is C[C@@H]1CCC2NCCC2C1. The zero-order valence-electron chi connectivity index (χ0n) is 6.77. The van der Waals surface area contributed by atoms with Crippen molar-refractivity contribution in [1.29, 1.82) is 0 Å². The van der Waals surface area contributed by atoms with Gasteiger partial charge in [0.25, 0.3) is 0 Å². The third kappa shape index (κ3) is 1.07. The van der Waals surface area contributed by atoms with E-state index in [4.69, 9.17) is 0 Å². The molecule has 0 aromatic rings. The fraction of sp³-hybridized carbons (Fsp3) is 1.00. The molecule has 0 spiro atoms.